The molecule has 1 saturated heterocycles. The fraction of sp³-hybridized carbons (Fsp3) is 0.692. The van der Waals surface area contributed by atoms with Crippen LogP contribution < -0.4 is 15.4 Å². The summed E-state index contributed by atoms with van der Waals surface area (Å²) in [5.74, 6) is -0.0368. The number of hydrogen-bond donors (Lipinski definition) is 2. The smallest absolute Gasteiger partial charge is 0.407 e. The molecule has 1 aliphatic carbocycles. The first kappa shape index (κ1) is 27.9. The van der Waals surface area contributed by atoms with Gasteiger partial charge in [-0.2, -0.15) is 0 Å². The van der Waals surface area contributed by atoms with Gasteiger partial charge in [-0.05, 0) is 78.8 Å². The third-order valence-corrected chi connectivity index (χ3v) is 6.12. The molecular weight excluding hydrogens is 464 g/mol. The van der Waals surface area contributed by atoms with E-state index in [0.29, 0.717) is 19.1 Å². The van der Waals surface area contributed by atoms with Gasteiger partial charge in [-0.3, -0.25) is 0 Å². The Balaban J connectivity index is 1.55. The maximum atomic E-state index is 12.3. The number of allylic oxidation sites excluding steroid dienone is 1. The molecule has 0 aromatic carbocycles. The van der Waals surface area contributed by atoms with Gasteiger partial charge in [0.2, 0.25) is 5.88 Å². The average molecular weight is 505 g/mol. The number of amides is 1. The van der Waals surface area contributed by atoms with Crippen molar-refractivity contribution in [1.29, 1.82) is 0 Å². The Hall–Kier alpha value is -2.72. The molecule has 2 heterocycles. The van der Waals surface area contributed by atoms with E-state index in [2.05, 4.69) is 26.7 Å². The van der Waals surface area contributed by atoms with Crippen molar-refractivity contribution in [2.45, 2.75) is 90.5 Å². The first-order chi connectivity index (χ1) is 17.2. The van der Waals surface area contributed by atoms with Gasteiger partial charge in [-0.15, -0.1) is 0 Å². The van der Waals surface area contributed by atoms with Gasteiger partial charge in [0, 0.05) is 6.04 Å². The maximum absolute atomic E-state index is 12.3. The number of aromatic nitrogens is 2. The van der Waals surface area contributed by atoms with Crippen molar-refractivity contribution in [3.63, 3.8) is 0 Å². The van der Waals surface area contributed by atoms with E-state index in [1.165, 1.54) is 6.33 Å². The van der Waals surface area contributed by atoms with Gasteiger partial charge in [0.05, 0.1) is 36.6 Å². The third kappa shape index (κ3) is 8.44. The molecule has 1 amide bonds. The number of carbonyl (C=O) groups excluding carboxylic acids is 2. The Kier molecular flexibility index (Phi) is 10.1. The summed E-state index contributed by atoms with van der Waals surface area (Å²) in [6.45, 7) is 10.8. The molecule has 1 fully saturated rings. The van der Waals surface area contributed by atoms with Crippen molar-refractivity contribution in [2.75, 3.05) is 26.4 Å². The number of rotatable bonds is 9. The zero-order valence-electron chi connectivity index (χ0n) is 22.1. The highest BCUT2D eigenvalue weighted by Gasteiger charge is 2.30. The minimum absolute atomic E-state index is 0.0318. The van der Waals surface area contributed by atoms with E-state index in [0.717, 1.165) is 55.5 Å². The van der Waals surface area contributed by atoms with Crippen LogP contribution in [-0.4, -0.2) is 72.2 Å². The van der Waals surface area contributed by atoms with Crippen molar-refractivity contribution in [3.8, 4) is 5.88 Å². The van der Waals surface area contributed by atoms with E-state index >= 15 is 0 Å². The lowest BCUT2D eigenvalue weighted by atomic mass is 9.91. The maximum Gasteiger partial charge on any atom is 0.407 e. The fourth-order valence-electron chi connectivity index (χ4n) is 4.45. The van der Waals surface area contributed by atoms with E-state index in [-0.39, 0.29) is 24.8 Å². The predicted molar refractivity (Wildman–Crippen MR) is 135 cm³/mol. The largest absolute Gasteiger partial charge is 0.465 e. The highest BCUT2D eigenvalue weighted by Crippen LogP contribution is 2.34. The molecule has 0 radical (unpaired) electrons. The Bertz CT molecular complexity index is 929. The molecule has 1 aliphatic heterocycles. The Labute approximate surface area is 213 Å². The molecule has 0 saturated carbocycles. The van der Waals surface area contributed by atoms with Crippen molar-refractivity contribution < 1.29 is 28.5 Å². The first-order valence-electron chi connectivity index (χ1n) is 12.8. The van der Waals surface area contributed by atoms with Crippen molar-refractivity contribution in [1.82, 2.24) is 20.6 Å². The summed E-state index contributed by atoms with van der Waals surface area (Å²) in [7, 11) is 0. The first-order valence-corrected chi connectivity index (χ1v) is 12.8. The molecule has 10 nitrogen and oxygen atoms in total. The minimum atomic E-state index is -0.532. The van der Waals surface area contributed by atoms with E-state index in [4.69, 9.17) is 18.9 Å². The molecule has 2 aliphatic rings. The Morgan fingerprint density at radius 3 is 2.72 bits per heavy atom. The number of carbonyl (C=O) groups is 2. The van der Waals surface area contributed by atoms with Crippen molar-refractivity contribution >= 4 is 17.6 Å². The number of alkyl carbamates (subject to hydrolysis) is 1. The summed E-state index contributed by atoms with van der Waals surface area (Å²) in [6.07, 6.45) is 7.51. The molecule has 3 atom stereocenters. The molecule has 1 aromatic heterocycles. The predicted octanol–water partition coefficient (Wildman–Crippen LogP) is 3.32. The Morgan fingerprint density at radius 2 is 2.03 bits per heavy atom. The zero-order chi connectivity index (χ0) is 26.1. The summed E-state index contributed by atoms with van der Waals surface area (Å²) in [4.78, 5) is 32.6. The molecule has 3 rings (SSSR count). The SMILES string of the molecule is CCOC(=O)COc1ncnc(C)c1C1=CCC(OCC2NCCCC2NC(=O)OC(C)(C)C)CC1. The van der Waals surface area contributed by atoms with Gasteiger partial charge in [0.15, 0.2) is 6.61 Å². The number of nitrogens with one attached hydrogen (secondary N) is 2. The molecule has 10 heteroatoms. The lowest BCUT2D eigenvalue weighted by Crippen LogP contribution is -2.56. The van der Waals surface area contributed by atoms with Crippen molar-refractivity contribution in [3.05, 3.63) is 23.7 Å². The van der Waals surface area contributed by atoms with Crippen LogP contribution in [0.25, 0.3) is 5.57 Å². The molecular formula is C26H40N4O6. The van der Waals surface area contributed by atoms with Gasteiger partial charge in [0.1, 0.15) is 11.9 Å². The molecule has 0 spiro atoms. The number of hydrogen-bond acceptors (Lipinski definition) is 9. The van der Waals surface area contributed by atoms with Crippen LogP contribution in [0.3, 0.4) is 0 Å². The molecule has 2 N–H and O–H groups in total. The highest BCUT2D eigenvalue weighted by molar-refractivity contribution is 5.73. The summed E-state index contributed by atoms with van der Waals surface area (Å²) in [5.41, 5.74) is 2.19. The third-order valence-electron chi connectivity index (χ3n) is 6.12. The number of nitrogens with zero attached hydrogens (tertiary/aromatic N) is 2. The summed E-state index contributed by atoms with van der Waals surface area (Å²) >= 11 is 0. The van der Waals surface area contributed by atoms with Crippen LogP contribution in [0.2, 0.25) is 0 Å². The van der Waals surface area contributed by atoms with Gasteiger partial charge in [0.25, 0.3) is 0 Å². The molecule has 3 unspecified atom stereocenters. The van der Waals surface area contributed by atoms with Crippen LogP contribution in [-0.2, 0) is 19.0 Å². The highest BCUT2D eigenvalue weighted by atomic mass is 16.6. The summed E-state index contributed by atoms with van der Waals surface area (Å²) in [5, 5.41) is 6.48. The number of esters is 1. The molecule has 200 valence electrons. The summed E-state index contributed by atoms with van der Waals surface area (Å²) < 4.78 is 22.3. The lowest BCUT2D eigenvalue weighted by molar-refractivity contribution is -0.145. The van der Waals surface area contributed by atoms with Crippen LogP contribution >= 0.6 is 0 Å². The van der Waals surface area contributed by atoms with Crippen LogP contribution in [0.4, 0.5) is 4.79 Å². The zero-order valence-corrected chi connectivity index (χ0v) is 22.1. The standard InChI is InChI=1S/C26H40N4O6/c1-6-33-22(31)15-35-24-23(17(2)28-16-29-24)18-9-11-19(12-10-18)34-14-21-20(8-7-13-27-21)30-25(32)36-26(3,4)5/h9,16,19-21,27H,6-8,10-15H2,1-5H3,(H,30,32). The van der Waals surface area contributed by atoms with Gasteiger partial charge in [-0.25, -0.2) is 19.6 Å². The number of aryl methyl sites for hydroxylation is 1. The van der Waals surface area contributed by atoms with E-state index < -0.39 is 17.7 Å². The second kappa shape index (κ2) is 13.0. The van der Waals surface area contributed by atoms with E-state index in [1.54, 1.807) is 6.92 Å². The lowest BCUT2D eigenvalue weighted by Gasteiger charge is -2.35. The second-order valence-electron chi connectivity index (χ2n) is 10.1. The fourth-order valence-corrected chi connectivity index (χ4v) is 4.45. The van der Waals surface area contributed by atoms with E-state index in [1.807, 2.05) is 27.7 Å². The van der Waals surface area contributed by atoms with E-state index in [9.17, 15) is 9.59 Å². The Morgan fingerprint density at radius 1 is 1.22 bits per heavy atom. The topological polar surface area (TPSA) is 121 Å². The number of ether oxygens (including phenoxy) is 4. The van der Waals surface area contributed by atoms with Gasteiger partial charge in [-0.1, -0.05) is 6.08 Å². The quantitative estimate of drug-likeness (QED) is 0.488. The summed E-state index contributed by atoms with van der Waals surface area (Å²) in [6, 6.07) is -0.00388. The monoisotopic (exact) mass is 504 g/mol. The van der Waals surface area contributed by atoms with Crippen LogP contribution in [0, 0.1) is 6.92 Å². The van der Waals surface area contributed by atoms with Gasteiger partial charge < -0.3 is 29.6 Å². The van der Waals surface area contributed by atoms with Crippen LogP contribution in [0.15, 0.2) is 12.4 Å². The second-order valence-corrected chi connectivity index (χ2v) is 10.1. The van der Waals surface area contributed by atoms with Crippen LogP contribution in [0.1, 0.15) is 71.1 Å². The normalized spacial score (nSPS) is 22.4. The van der Waals surface area contributed by atoms with Crippen LogP contribution in [0.5, 0.6) is 5.88 Å². The molecule has 1 aromatic rings. The number of piperidine rings is 1. The van der Waals surface area contributed by atoms with Crippen molar-refractivity contribution in [2.24, 2.45) is 0 Å². The average Bonchev–Trinajstić information content (AvgIpc) is 2.82. The minimum Gasteiger partial charge on any atom is -0.465 e. The molecule has 36 heavy (non-hydrogen) atoms. The van der Waals surface area contributed by atoms with Gasteiger partial charge >= 0.3 is 12.1 Å². The molecule has 0 bridgehead atoms.